The summed E-state index contributed by atoms with van der Waals surface area (Å²) in [4.78, 5) is 28.1. The molecule has 0 saturated heterocycles. The van der Waals surface area contributed by atoms with Gasteiger partial charge in [0.25, 0.3) is 6.43 Å². The zero-order valence-electron chi connectivity index (χ0n) is 24.2. The summed E-state index contributed by atoms with van der Waals surface area (Å²) in [5.74, 6) is -2.58. The molecule has 0 spiro atoms. The number of rotatable bonds is 10. The van der Waals surface area contributed by atoms with Crippen molar-refractivity contribution in [3.8, 4) is 11.5 Å². The first-order chi connectivity index (χ1) is 21.5. The largest absolute Gasteiger partial charge is 0.487 e. The number of nitrogen functional groups attached to an aromatic ring is 1. The number of hydrogen-bond acceptors (Lipinski definition) is 6. The number of benzene rings is 3. The highest BCUT2D eigenvalue weighted by molar-refractivity contribution is 5.95. The van der Waals surface area contributed by atoms with Crippen LogP contribution >= 0.6 is 0 Å². The molecule has 9 nitrogen and oxygen atoms in total. The number of halogens is 5. The molecule has 0 aromatic heterocycles. The molecule has 1 aliphatic heterocycles. The van der Waals surface area contributed by atoms with Crippen molar-refractivity contribution < 1.29 is 41.0 Å². The first kappa shape index (κ1) is 33.0. The lowest BCUT2D eigenvalue weighted by Gasteiger charge is -2.28. The number of carbonyl (C=O) groups excluding carboxylic acids is 2. The minimum atomic E-state index is -2.75. The van der Waals surface area contributed by atoms with Gasteiger partial charge in [-0.1, -0.05) is 6.07 Å². The Kier molecular flexibility index (Phi) is 10.8. The molecule has 3 aromatic carbocycles. The Hall–Kier alpha value is -4.88. The van der Waals surface area contributed by atoms with E-state index in [0.717, 1.165) is 6.07 Å². The van der Waals surface area contributed by atoms with Gasteiger partial charge in [-0.25, -0.2) is 22.0 Å². The first-order valence-corrected chi connectivity index (χ1v) is 13.9. The highest BCUT2D eigenvalue weighted by atomic mass is 19.3. The highest BCUT2D eigenvalue weighted by Gasteiger charge is 2.28. The van der Waals surface area contributed by atoms with Crippen LogP contribution < -0.4 is 25.8 Å². The second-order valence-electron chi connectivity index (χ2n) is 10.4. The van der Waals surface area contributed by atoms with Crippen molar-refractivity contribution in [3.05, 3.63) is 82.7 Å². The average Bonchev–Trinajstić information content (AvgIpc) is 3.01. The van der Waals surface area contributed by atoms with E-state index in [9.17, 15) is 27.2 Å². The van der Waals surface area contributed by atoms with E-state index < -0.39 is 61.9 Å². The van der Waals surface area contributed by atoms with Gasteiger partial charge in [0.05, 0.1) is 0 Å². The van der Waals surface area contributed by atoms with Gasteiger partial charge < -0.3 is 30.7 Å². The highest BCUT2D eigenvalue weighted by Crippen LogP contribution is 2.33. The lowest BCUT2D eigenvalue weighted by molar-refractivity contribution is -0.131. The van der Waals surface area contributed by atoms with Crippen LogP contribution in [0.15, 0.2) is 54.6 Å². The topological polar surface area (TPSA) is 130 Å². The van der Waals surface area contributed by atoms with E-state index >= 15 is 4.39 Å². The van der Waals surface area contributed by atoms with Gasteiger partial charge in [-0.15, -0.1) is 0 Å². The Morgan fingerprint density at radius 2 is 1.78 bits per heavy atom. The molecule has 1 atom stereocenters. The molecule has 2 amide bonds. The molecule has 0 radical (unpaired) electrons. The van der Waals surface area contributed by atoms with Crippen LogP contribution in [0.3, 0.4) is 0 Å². The molecular weight excluding hydrogens is 601 g/mol. The molecule has 4 rings (SSSR count). The fourth-order valence-corrected chi connectivity index (χ4v) is 4.74. The number of nitrogens with one attached hydrogen (secondary N) is 3. The van der Waals surface area contributed by atoms with Gasteiger partial charge in [0.15, 0.2) is 17.7 Å². The van der Waals surface area contributed by atoms with Crippen molar-refractivity contribution in [2.75, 3.05) is 37.6 Å². The van der Waals surface area contributed by atoms with Gasteiger partial charge in [-0.05, 0) is 60.0 Å². The zero-order chi connectivity index (χ0) is 32.7. The number of aryl methyl sites for hydroxylation is 1. The number of ether oxygens (including phenoxy) is 2. The van der Waals surface area contributed by atoms with E-state index in [4.69, 9.17) is 20.6 Å². The van der Waals surface area contributed by atoms with Crippen LogP contribution in [0.2, 0.25) is 0 Å². The van der Waals surface area contributed by atoms with Gasteiger partial charge >= 0.3 is 0 Å². The number of likely N-dealkylation sites (N-methyl/N-ethyl adjacent to an activating group) is 1. The van der Waals surface area contributed by atoms with Crippen molar-refractivity contribution >= 4 is 29.0 Å². The van der Waals surface area contributed by atoms with Gasteiger partial charge in [-0.2, -0.15) is 0 Å². The van der Waals surface area contributed by atoms with Crippen LogP contribution in [-0.2, 0) is 22.6 Å². The maximum absolute atomic E-state index is 15.3. The maximum Gasteiger partial charge on any atom is 0.272 e. The fourth-order valence-electron chi connectivity index (χ4n) is 4.74. The summed E-state index contributed by atoms with van der Waals surface area (Å²) in [7, 11) is 1.43. The number of nitrogens with two attached hydrogens (primary N) is 1. The smallest absolute Gasteiger partial charge is 0.272 e. The standard InChI is InChI=1S/C31H32F5N5O4/c1-41-15-20-11-22(12-24(34)29(20)45-23(13-32)14-33)39-27(42)9-5-18-10-19(4-8-25(18)44-16-26(35)36)28(31(41)43)40-21-6-2-17(3-7-21)30(37)38/h2-4,6-8,10-12,23,26,28,40H,5,9,13-16H2,1H3,(H3,37,38)(H,39,42). The third-order valence-corrected chi connectivity index (χ3v) is 6.97. The maximum atomic E-state index is 15.3. The number of amidine groups is 1. The summed E-state index contributed by atoms with van der Waals surface area (Å²) in [5.41, 5.74) is 7.31. The molecule has 1 unspecified atom stereocenters. The van der Waals surface area contributed by atoms with Crippen molar-refractivity contribution in [2.45, 2.75) is 38.0 Å². The third-order valence-electron chi connectivity index (χ3n) is 6.97. The predicted octanol–water partition coefficient (Wildman–Crippen LogP) is 5.14. The Morgan fingerprint density at radius 3 is 2.42 bits per heavy atom. The molecule has 0 saturated carbocycles. The Morgan fingerprint density at radius 1 is 1.07 bits per heavy atom. The van der Waals surface area contributed by atoms with E-state index in [1.165, 1.54) is 30.1 Å². The van der Waals surface area contributed by atoms with Gasteiger partial charge in [0, 0.05) is 48.6 Å². The van der Waals surface area contributed by atoms with E-state index in [-0.39, 0.29) is 42.2 Å². The summed E-state index contributed by atoms with van der Waals surface area (Å²) in [6.45, 7) is -3.62. The lowest BCUT2D eigenvalue weighted by atomic mass is 9.98. The van der Waals surface area contributed by atoms with Crippen LogP contribution in [0.1, 0.15) is 34.7 Å². The normalized spacial score (nSPS) is 15.5. The van der Waals surface area contributed by atoms with Crippen molar-refractivity contribution in [3.63, 3.8) is 0 Å². The van der Waals surface area contributed by atoms with E-state index in [1.807, 2.05) is 0 Å². The number of carbonyl (C=O) groups is 2. The number of nitrogens with zero attached hydrogens (tertiary/aromatic N) is 1. The lowest BCUT2D eigenvalue weighted by Crippen LogP contribution is -2.35. The van der Waals surface area contributed by atoms with Crippen LogP contribution in [0.5, 0.6) is 11.5 Å². The average molecular weight is 634 g/mol. The summed E-state index contributed by atoms with van der Waals surface area (Å²) >= 11 is 0. The van der Waals surface area contributed by atoms with Crippen LogP contribution in [0, 0.1) is 11.2 Å². The second kappa shape index (κ2) is 14.7. The van der Waals surface area contributed by atoms with Crippen molar-refractivity contribution in [1.82, 2.24) is 4.90 Å². The number of fused-ring (bicyclic) bond motifs is 4. The molecule has 14 heteroatoms. The van der Waals surface area contributed by atoms with Crippen molar-refractivity contribution in [1.29, 1.82) is 5.41 Å². The Labute approximate surface area is 256 Å². The summed E-state index contributed by atoms with van der Waals surface area (Å²) in [6.07, 6.45) is -4.47. The van der Waals surface area contributed by atoms with E-state index in [2.05, 4.69) is 10.6 Å². The predicted molar refractivity (Wildman–Crippen MR) is 158 cm³/mol. The van der Waals surface area contributed by atoms with Crippen LogP contribution in [0.25, 0.3) is 0 Å². The quantitative estimate of drug-likeness (QED) is 0.139. The molecule has 1 aliphatic rings. The SMILES string of the molecule is CN1Cc2cc(cc(F)c2OC(CF)CF)NC(=O)CCc2cc(ccc2OCC(F)F)C(Nc2ccc(C(=N)N)cc2)C1=O. The first-order valence-electron chi connectivity index (χ1n) is 13.9. The van der Waals surface area contributed by atoms with Gasteiger partial charge in [0.1, 0.15) is 37.6 Å². The Bertz CT molecular complexity index is 1540. The number of amides is 2. The molecule has 3 aromatic rings. The number of hydrogen-bond donors (Lipinski definition) is 4. The number of anilines is 2. The molecule has 45 heavy (non-hydrogen) atoms. The summed E-state index contributed by atoms with van der Waals surface area (Å²) < 4.78 is 78.4. The molecule has 0 aliphatic carbocycles. The molecule has 4 bridgehead atoms. The minimum Gasteiger partial charge on any atom is -0.487 e. The van der Waals surface area contributed by atoms with Crippen LogP contribution in [0.4, 0.5) is 33.3 Å². The van der Waals surface area contributed by atoms with E-state index in [1.54, 1.807) is 30.3 Å². The zero-order valence-corrected chi connectivity index (χ0v) is 24.2. The fraction of sp³-hybridized carbons (Fsp3) is 0.323. The van der Waals surface area contributed by atoms with Gasteiger partial charge in [0.2, 0.25) is 11.8 Å². The summed E-state index contributed by atoms with van der Waals surface area (Å²) in [6, 6.07) is 12.1. The monoisotopic (exact) mass is 633 g/mol. The molecular formula is C31H32F5N5O4. The Balaban J connectivity index is 1.79. The molecule has 5 N–H and O–H groups in total. The third kappa shape index (κ3) is 8.40. The molecule has 240 valence electrons. The van der Waals surface area contributed by atoms with Crippen molar-refractivity contribution in [2.24, 2.45) is 5.73 Å². The molecule has 0 fully saturated rings. The van der Waals surface area contributed by atoms with Gasteiger partial charge in [-0.3, -0.25) is 15.0 Å². The second-order valence-corrected chi connectivity index (χ2v) is 10.4. The number of alkyl halides is 4. The molecule has 1 heterocycles. The summed E-state index contributed by atoms with van der Waals surface area (Å²) in [5, 5.41) is 13.3. The van der Waals surface area contributed by atoms with E-state index in [0.29, 0.717) is 22.4 Å². The minimum absolute atomic E-state index is 0.0120. The van der Waals surface area contributed by atoms with Crippen LogP contribution in [-0.4, -0.2) is 62.1 Å².